The minimum absolute atomic E-state index is 0.0607. The molecule has 1 amide bonds. The molecular weight excluding hydrogens is 312 g/mol. The third-order valence-corrected chi connectivity index (χ3v) is 5.79. The molecule has 0 unspecified atom stereocenters. The summed E-state index contributed by atoms with van der Waals surface area (Å²) >= 11 is 1.29. The molecule has 124 valence electrons. The Hall–Kier alpha value is -1.75. The van der Waals surface area contributed by atoms with Crippen LogP contribution in [0.3, 0.4) is 0 Å². The van der Waals surface area contributed by atoms with E-state index in [-0.39, 0.29) is 11.7 Å². The van der Waals surface area contributed by atoms with Gasteiger partial charge in [0, 0.05) is 13.0 Å². The minimum atomic E-state index is -0.647. The summed E-state index contributed by atoms with van der Waals surface area (Å²) in [4.78, 5) is 14.1. The van der Waals surface area contributed by atoms with Gasteiger partial charge in [-0.3, -0.25) is 4.79 Å². The van der Waals surface area contributed by atoms with Crippen molar-refractivity contribution in [3.05, 3.63) is 5.82 Å². The van der Waals surface area contributed by atoms with Crippen LogP contribution in [0.1, 0.15) is 56.7 Å². The number of aromatic nitrogens is 3. The Bertz CT molecular complexity index is 626. The van der Waals surface area contributed by atoms with E-state index in [0.717, 1.165) is 50.8 Å². The topological polar surface area (TPSA) is 101 Å². The monoisotopic (exact) mass is 334 g/mol. The van der Waals surface area contributed by atoms with Crippen molar-refractivity contribution in [1.82, 2.24) is 19.8 Å². The lowest BCUT2D eigenvalue weighted by atomic mass is 9.81. The molecule has 0 saturated heterocycles. The van der Waals surface area contributed by atoms with Crippen LogP contribution < -0.4 is 5.84 Å². The number of rotatable bonds is 5. The smallest absolute Gasteiger partial charge is 0.234 e. The Kier molecular flexibility index (Phi) is 4.48. The molecule has 2 aliphatic carbocycles. The van der Waals surface area contributed by atoms with E-state index in [9.17, 15) is 10.1 Å². The van der Waals surface area contributed by atoms with E-state index in [2.05, 4.69) is 16.3 Å². The fraction of sp³-hybridized carbons (Fsp3) is 0.733. The van der Waals surface area contributed by atoms with E-state index in [1.807, 2.05) is 0 Å². The van der Waals surface area contributed by atoms with E-state index < -0.39 is 5.54 Å². The maximum Gasteiger partial charge on any atom is 0.234 e. The summed E-state index contributed by atoms with van der Waals surface area (Å²) in [5.41, 5.74) is -0.647. The highest BCUT2D eigenvalue weighted by Gasteiger charge is 2.38. The molecule has 1 aromatic rings. The van der Waals surface area contributed by atoms with Gasteiger partial charge < -0.3 is 10.7 Å². The molecule has 2 fully saturated rings. The van der Waals surface area contributed by atoms with Crippen LogP contribution in [-0.4, -0.2) is 44.0 Å². The van der Waals surface area contributed by atoms with Crippen molar-refractivity contribution in [1.29, 1.82) is 5.26 Å². The molecular formula is C15H22N6OS. The molecule has 2 saturated carbocycles. The SMILES string of the molecule is CN(C(=O)CSc1nnc(C2CC2)n1N)C1(C#N)CCCCC1. The number of nitrogen functional groups attached to an aromatic ring is 1. The molecule has 1 aromatic heterocycles. The number of carbonyl (C=O) groups is 1. The standard InChI is InChI=1S/C15H22N6OS/c1-20(15(10-16)7-3-2-4-8-15)12(22)9-23-14-19-18-13(21(14)17)11-5-6-11/h11H,2-9,17H2,1H3. The molecule has 23 heavy (non-hydrogen) atoms. The largest absolute Gasteiger partial charge is 0.336 e. The van der Waals surface area contributed by atoms with Gasteiger partial charge in [0.1, 0.15) is 5.54 Å². The molecule has 7 nitrogen and oxygen atoms in total. The van der Waals surface area contributed by atoms with E-state index in [4.69, 9.17) is 5.84 Å². The molecule has 0 radical (unpaired) electrons. The van der Waals surface area contributed by atoms with E-state index in [1.165, 1.54) is 16.4 Å². The Morgan fingerprint density at radius 1 is 1.43 bits per heavy atom. The second-order valence-corrected chi connectivity index (χ2v) is 7.37. The van der Waals surface area contributed by atoms with Gasteiger partial charge in [-0.25, -0.2) is 4.68 Å². The van der Waals surface area contributed by atoms with Gasteiger partial charge in [0.15, 0.2) is 5.82 Å². The predicted octanol–water partition coefficient (Wildman–Crippen LogP) is 1.65. The van der Waals surface area contributed by atoms with Gasteiger partial charge in [-0.05, 0) is 25.7 Å². The number of carbonyl (C=O) groups excluding carboxylic acids is 1. The molecule has 1 heterocycles. The van der Waals surface area contributed by atoms with Crippen LogP contribution >= 0.6 is 11.8 Å². The zero-order valence-electron chi connectivity index (χ0n) is 13.4. The Labute approximate surface area is 140 Å². The first-order chi connectivity index (χ1) is 11.1. The van der Waals surface area contributed by atoms with E-state index in [1.54, 1.807) is 11.9 Å². The summed E-state index contributed by atoms with van der Waals surface area (Å²) in [6, 6.07) is 2.37. The van der Waals surface area contributed by atoms with Crippen LogP contribution in [0, 0.1) is 11.3 Å². The molecule has 0 bridgehead atoms. The van der Waals surface area contributed by atoms with Gasteiger partial charge in [0.05, 0.1) is 11.8 Å². The lowest BCUT2D eigenvalue weighted by Gasteiger charge is -2.39. The lowest BCUT2D eigenvalue weighted by molar-refractivity contribution is -0.131. The number of thioether (sulfide) groups is 1. The van der Waals surface area contributed by atoms with Crippen molar-refractivity contribution in [2.45, 2.75) is 61.6 Å². The maximum atomic E-state index is 12.5. The minimum Gasteiger partial charge on any atom is -0.336 e. The fourth-order valence-electron chi connectivity index (χ4n) is 3.13. The maximum absolute atomic E-state index is 12.5. The molecule has 2 aliphatic rings. The Balaban J connectivity index is 1.61. The number of hydrogen-bond acceptors (Lipinski definition) is 6. The van der Waals surface area contributed by atoms with Crippen molar-refractivity contribution in [2.75, 3.05) is 18.6 Å². The summed E-state index contributed by atoms with van der Waals surface area (Å²) in [5, 5.41) is 18.3. The first-order valence-corrected chi connectivity index (χ1v) is 9.07. The third-order valence-electron chi connectivity index (χ3n) is 4.86. The van der Waals surface area contributed by atoms with Crippen LogP contribution in [0.25, 0.3) is 0 Å². The van der Waals surface area contributed by atoms with Crippen molar-refractivity contribution in [3.63, 3.8) is 0 Å². The highest BCUT2D eigenvalue weighted by Crippen LogP contribution is 2.39. The van der Waals surface area contributed by atoms with Gasteiger partial charge in [0.2, 0.25) is 11.1 Å². The molecule has 0 aromatic carbocycles. The van der Waals surface area contributed by atoms with Gasteiger partial charge >= 0.3 is 0 Å². The number of nitriles is 1. The van der Waals surface area contributed by atoms with Crippen molar-refractivity contribution in [3.8, 4) is 6.07 Å². The second-order valence-electron chi connectivity index (χ2n) is 6.43. The van der Waals surface area contributed by atoms with Crippen LogP contribution in [0.4, 0.5) is 0 Å². The fourth-order valence-corrected chi connectivity index (χ4v) is 3.90. The van der Waals surface area contributed by atoms with Gasteiger partial charge in [0.25, 0.3) is 0 Å². The van der Waals surface area contributed by atoms with Crippen molar-refractivity contribution >= 4 is 17.7 Å². The quantitative estimate of drug-likeness (QED) is 0.649. The molecule has 0 atom stereocenters. The normalized spacial score (nSPS) is 20.0. The molecule has 3 rings (SSSR count). The molecule has 2 N–H and O–H groups in total. The molecule has 0 aliphatic heterocycles. The first kappa shape index (κ1) is 16.1. The first-order valence-electron chi connectivity index (χ1n) is 8.08. The van der Waals surface area contributed by atoms with E-state index in [0.29, 0.717) is 11.1 Å². The summed E-state index contributed by atoms with van der Waals surface area (Å²) in [7, 11) is 1.74. The summed E-state index contributed by atoms with van der Waals surface area (Å²) in [6.45, 7) is 0. The van der Waals surface area contributed by atoms with Crippen LogP contribution in [-0.2, 0) is 4.79 Å². The van der Waals surface area contributed by atoms with Crippen molar-refractivity contribution in [2.24, 2.45) is 0 Å². The van der Waals surface area contributed by atoms with Gasteiger partial charge in [-0.1, -0.05) is 31.0 Å². The van der Waals surface area contributed by atoms with Crippen LogP contribution in [0.5, 0.6) is 0 Å². The molecule has 8 heteroatoms. The zero-order valence-corrected chi connectivity index (χ0v) is 14.2. The highest BCUT2D eigenvalue weighted by molar-refractivity contribution is 7.99. The Morgan fingerprint density at radius 3 is 2.74 bits per heavy atom. The van der Waals surface area contributed by atoms with E-state index >= 15 is 0 Å². The lowest BCUT2D eigenvalue weighted by Crippen LogP contribution is -2.50. The number of hydrogen-bond donors (Lipinski definition) is 1. The van der Waals surface area contributed by atoms with Crippen LogP contribution in [0.2, 0.25) is 0 Å². The van der Waals surface area contributed by atoms with Crippen molar-refractivity contribution < 1.29 is 4.79 Å². The predicted molar refractivity (Wildman–Crippen MR) is 87.1 cm³/mol. The van der Waals surface area contributed by atoms with Gasteiger partial charge in [-0.15, -0.1) is 10.2 Å². The number of amides is 1. The summed E-state index contributed by atoms with van der Waals surface area (Å²) in [5.74, 6) is 7.38. The zero-order chi connectivity index (χ0) is 16.4. The number of nitrogens with two attached hydrogens (primary N) is 1. The average Bonchev–Trinajstić information content (AvgIpc) is 3.36. The highest BCUT2D eigenvalue weighted by atomic mass is 32.2. The van der Waals surface area contributed by atoms with Gasteiger partial charge in [-0.2, -0.15) is 5.26 Å². The third kappa shape index (κ3) is 3.15. The summed E-state index contributed by atoms with van der Waals surface area (Å²) in [6.07, 6.45) is 6.87. The second kappa shape index (κ2) is 6.40. The van der Waals surface area contributed by atoms with Crippen LogP contribution in [0.15, 0.2) is 5.16 Å². The summed E-state index contributed by atoms with van der Waals surface area (Å²) < 4.78 is 1.50. The Morgan fingerprint density at radius 2 is 2.13 bits per heavy atom. The molecule has 0 spiro atoms. The average molecular weight is 334 g/mol. The number of nitrogens with zero attached hydrogens (tertiary/aromatic N) is 5.